The van der Waals surface area contributed by atoms with Gasteiger partial charge in [0, 0.05) is 11.6 Å². The average molecular weight is 357 g/mol. The summed E-state index contributed by atoms with van der Waals surface area (Å²) in [4.78, 5) is 21.7. The van der Waals surface area contributed by atoms with Crippen LogP contribution in [0, 0.1) is 0 Å². The first-order valence-corrected chi connectivity index (χ1v) is 8.83. The van der Waals surface area contributed by atoms with Crippen LogP contribution in [0.4, 0.5) is 0 Å². The van der Waals surface area contributed by atoms with E-state index in [0.29, 0.717) is 12.2 Å². The first-order valence-electron chi connectivity index (χ1n) is 8.83. The monoisotopic (exact) mass is 357 g/mol. The van der Waals surface area contributed by atoms with E-state index in [1.165, 1.54) is 12.7 Å². The van der Waals surface area contributed by atoms with Crippen LogP contribution in [0.15, 0.2) is 35.6 Å². The molecule has 0 saturated carbocycles. The number of carbonyl (C=O) groups excluding carboxylic acids is 1. The molecule has 0 spiro atoms. The highest BCUT2D eigenvalue weighted by atomic mass is 16.6. The summed E-state index contributed by atoms with van der Waals surface area (Å²) < 4.78 is 5.94. The van der Waals surface area contributed by atoms with E-state index in [1.807, 2.05) is 45.2 Å². The van der Waals surface area contributed by atoms with Crippen molar-refractivity contribution in [3.63, 3.8) is 0 Å². The van der Waals surface area contributed by atoms with E-state index in [1.54, 1.807) is 6.21 Å². The second-order valence-electron chi connectivity index (χ2n) is 6.69. The summed E-state index contributed by atoms with van der Waals surface area (Å²) in [6, 6.07) is 7.77. The lowest BCUT2D eigenvalue weighted by Gasteiger charge is -2.25. The number of aromatic nitrogens is 1. The number of hydrogen-bond acceptors (Lipinski definition) is 5. The molecule has 0 saturated heterocycles. The normalized spacial score (nSPS) is 13.0. The third kappa shape index (κ3) is 5.18. The Morgan fingerprint density at radius 2 is 2.12 bits per heavy atom. The molecule has 0 aliphatic carbocycles. The van der Waals surface area contributed by atoms with E-state index < -0.39 is 11.6 Å². The Morgan fingerprint density at radius 3 is 2.77 bits per heavy atom. The van der Waals surface area contributed by atoms with Gasteiger partial charge in [0.15, 0.2) is 6.10 Å². The Morgan fingerprint density at radius 1 is 1.35 bits per heavy atom. The summed E-state index contributed by atoms with van der Waals surface area (Å²) >= 11 is 0. The highest BCUT2D eigenvalue weighted by molar-refractivity contribution is 5.86. The number of amides is 1. The topological polar surface area (TPSA) is 72.8 Å². The highest BCUT2D eigenvalue weighted by Crippen LogP contribution is 2.22. The molecule has 1 heterocycles. The van der Waals surface area contributed by atoms with Gasteiger partial charge in [-0.1, -0.05) is 19.0 Å². The number of nitrogens with one attached hydrogen (secondary N) is 1. The molecule has 2 aromatic rings. The molecule has 26 heavy (non-hydrogen) atoms. The molecule has 1 aromatic carbocycles. The SMILES string of the molecule is CCc1cnc2ccc(OC(CC)C(=O)NC(C)(C)/C=N/OC)cc2c1. The zero-order valence-corrected chi connectivity index (χ0v) is 16.1. The number of aryl methyl sites for hydroxylation is 1. The van der Waals surface area contributed by atoms with E-state index in [2.05, 4.69) is 33.3 Å². The summed E-state index contributed by atoms with van der Waals surface area (Å²) in [7, 11) is 1.46. The van der Waals surface area contributed by atoms with Crippen LogP contribution < -0.4 is 10.1 Å². The lowest BCUT2D eigenvalue weighted by molar-refractivity contribution is -0.129. The van der Waals surface area contributed by atoms with Crippen molar-refractivity contribution in [1.82, 2.24) is 10.3 Å². The standard InChI is InChI=1S/C20H27N3O3/c1-6-14-10-15-11-16(8-9-17(15)21-12-14)26-18(7-2)19(24)23-20(3,4)13-22-25-5/h8-13,18H,6-7H2,1-5H3,(H,23,24)/b22-13+. The maximum absolute atomic E-state index is 12.6. The molecule has 0 bridgehead atoms. The number of oxime groups is 1. The zero-order valence-electron chi connectivity index (χ0n) is 16.1. The average Bonchev–Trinajstić information content (AvgIpc) is 2.63. The second kappa shape index (κ2) is 8.65. The van der Waals surface area contributed by atoms with Crippen molar-refractivity contribution in [3.05, 3.63) is 36.0 Å². The molecule has 0 radical (unpaired) electrons. The van der Waals surface area contributed by atoms with Crippen LogP contribution in [-0.2, 0) is 16.1 Å². The molecule has 1 aromatic heterocycles. The molecular weight excluding hydrogens is 330 g/mol. The largest absolute Gasteiger partial charge is 0.481 e. The Labute approximate surface area is 154 Å². The first kappa shape index (κ1) is 19.7. The Hall–Kier alpha value is -2.63. The lowest BCUT2D eigenvalue weighted by atomic mass is 10.1. The number of pyridine rings is 1. The quantitative estimate of drug-likeness (QED) is 0.580. The molecule has 0 aliphatic rings. The summed E-state index contributed by atoms with van der Waals surface area (Å²) in [5.74, 6) is 0.457. The van der Waals surface area contributed by atoms with Crippen molar-refractivity contribution in [2.75, 3.05) is 7.11 Å². The van der Waals surface area contributed by atoms with Gasteiger partial charge in [0.1, 0.15) is 12.9 Å². The van der Waals surface area contributed by atoms with E-state index >= 15 is 0 Å². The van der Waals surface area contributed by atoms with E-state index in [-0.39, 0.29) is 5.91 Å². The minimum absolute atomic E-state index is 0.194. The fraction of sp³-hybridized carbons (Fsp3) is 0.450. The van der Waals surface area contributed by atoms with Gasteiger partial charge in [-0.25, -0.2) is 0 Å². The molecule has 0 aliphatic heterocycles. The van der Waals surface area contributed by atoms with Gasteiger partial charge in [0.2, 0.25) is 0 Å². The van der Waals surface area contributed by atoms with Crippen molar-refractivity contribution in [1.29, 1.82) is 0 Å². The first-order chi connectivity index (χ1) is 12.4. The van der Waals surface area contributed by atoms with Gasteiger partial charge < -0.3 is 14.9 Å². The van der Waals surface area contributed by atoms with Gasteiger partial charge in [-0.2, -0.15) is 0 Å². The van der Waals surface area contributed by atoms with E-state index in [4.69, 9.17) is 4.74 Å². The Bertz CT molecular complexity index is 787. The molecule has 1 unspecified atom stereocenters. The van der Waals surface area contributed by atoms with Gasteiger partial charge in [-0.15, -0.1) is 0 Å². The molecule has 6 heteroatoms. The van der Waals surface area contributed by atoms with Crippen LogP contribution in [0.3, 0.4) is 0 Å². The highest BCUT2D eigenvalue weighted by Gasteiger charge is 2.25. The number of hydrogen-bond donors (Lipinski definition) is 1. The van der Waals surface area contributed by atoms with E-state index in [9.17, 15) is 4.79 Å². The fourth-order valence-corrected chi connectivity index (χ4v) is 2.52. The minimum Gasteiger partial charge on any atom is -0.481 e. The number of rotatable bonds is 8. The third-order valence-electron chi connectivity index (χ3n) is 3.99. The maximum Gasteiger partial charge on any atom is 0.261 e. The van der Waals surface area contributed by atoms with Crippen LogP contribution in [-0.4, -0.2) is 35.9 Å². The van der Waals surface area contributed by atoms with Crippen LogP contribution in [0.1, 0.15) is 39.7 Å². The molecule has 1 N–H and O–H groups in total. The van der Waals surface area contributed by atoms with Crippen LogP contribution in [0.5, 0.6) is 5.75 Å². The Balaban J connectivity index is 2.14. The third-order valence-corrected chi connectivity index (χ3v) is 3.99. The molecular formula is C20H27N3O3. The van der Waals surface area contributed by atoms with Crippen molar-refractivity contribution >= 4 is 23.0 Å². The summed E-state index contributed by atoms with van der Waals surface area (Å²) in [5.41, 5.74) is 1.44. The maximum atomic E-state index is 12.6. The molecule has 140 valence electrons. The van der Waals surface area contributed by atoms with Gasteiger partial charge in [0.05, 0.1) is 17.3 Å². The van der Waals surface area contributed by atoms with Gasteiger partial charge in [-0.05, 0) is 56.5 Å². The number of nitrogens with zero attached hydrogens (tertiary/aromatic N) is 2. The number of fused-ring (bicyclic) bond motifs is 1. The minimum atomic E-state index is -0.632. The molecule has 1 amide bonds. The lowest BCUT2D eigenvalue weighted by Crippen LogP contribution is -2.50. The number of carbonyl (C=O) groups is 1. The number of benzene rings is 1. The summed E-state index contributed by atoms with van der Waals surface area (Å²) in [5, 5.41) is 7.65. The van der Waals surface area contributed by atoms with Crippen molar-refractivity contribution in [3.8, 4) is 5.75 Å². The summed E-state index contributed by atoms with van der Waals surface area (Å²) in [6.45, 7) is 7.69. The summed E-state index contributed by atoms with van der Waals surface area (Å²) in [6.07, 6.45) is 4.31. The number of ether oxygens (including phenoxy) is 1. The predicted octanol–water partition coefficient (Wildman–Crippen LogP) is 3.48. The molecule has 2 rings (SSSR count). The van der Waals surface area contributed by atoms with Crippen LogP contribution in [0.25, 0.3) is 10.9 Å². The van der Waals surface area contributed by atoms with Crippen molar-refractivity contribution in [2.24, 2.45) is 5.16 Å². The zero-order chi connectivity index (χ0) is 19.2. The molecule has 0 fully saturated rings. The second-order valence-corrected chi connectivity index (χ2v) is 6.69. The van der Waals surface area contributed by atoms with Gasteiger partial charge in [-0.3, -0.25) is 9.78 Å². The van der Waals surface area contributed by atoms with Crippen molar-refractivity contribution in [2.45, 2.75) is 52.2 Å². The van der Waals surface area contributed by atoms with Gasteiger partial charge in [0.25, 0.3) is 5.91 Å². The van der Waals surface area contributed by atoms with Gasteiger partial charge >= 0.3 is 0 Å². The molecule has 6 nitrogen and oxygen atoms in total. The van der Waals surface area contributed by atoms with Crippen LogP contribution in [0.2, 0.25) is 0 Å². The van der Waals surface area contributed by atoms with Crippen molar-refractivity contribution < 1.29 is 14.4 Å². The fourth-order valence-electron chi connectivity index (χ4n) is 2.52. The Kier molecular flexibility index (Phi) is 6.55. The van der Waals surface area contributed by atoms with E-state index in [0.717, 1.165) is 17.3 Å². The molecule has 1 atom stereocenters. The smallest absolute Gasteiger partial charge is 0.261 e. The predicted molar refractivity (Wildman–Crippen MR) is 104 cm³/mol. The van der Waals surface area contributed by atoms with Crippen LogP contribution >= 0.6 is 0 Å².